The summed E-state index contributed by atoms with van der Waals surface area (Å²) in [6.45, 7) is 2.04. The van der Waals surface area contributed by atoms with Crippen molar-refractivity contribution in [2.45, 2.75) is 38.6 Å². The molecule has 0 bridgehead atoms. The summed E-state index contributed by atoms with van der Waals surface area (Å²) in [5.41, 5.74) is 6.99. The van der Waals surface area contributed by atoms with Gasteiger partial charge in [-0.2, -0.15) is 0 Å². The highest BCUT2D eigenvalue weighted by Crippen LogP contribution is 2.12. The zero-order valence-corrected chi connectivity index (χ0v) is 11.1. The van der Waals surface area contributed by atoms with Crippen molar-refractivity contribution in [3.63, 3.8) is 0 Å². The van der Waals surface area contributed by atoms with E-state index in [-0.39, 0.29) is 12.3 Å². The fourth-order valence-electron chi connectivity index (χ4n) is 1.72. The average molecular weight is 264 g/mol. The van der Waals surface area contributed by atoms with Gasteiger partial charge in [0.05, 0.1) is 12.5 Å². The third-order valence-corrected chi connectivity index (χ3v) is 2.76. The molecule has 0 radical (unpaired) electrons. The van der Waals surface area contributed by atoms with Crippen molar-refractivity contribution in [1.29, 1.82) is 0 Å². The molecule has 0 aliphatic rings. The molecular formula is C14H20N2O3. The molecule has 0 aliphatic heterocycles. The first kappa shape index (κ1) is 15.2. The Morgan fingerprint density at radius 2 is 2.16 bits per heavy atom. The number of carboxylic acid groups (broad SMARTS) is 1. The highest BCUT2D eigenvalue weighted by atomic mass is 16.4. The van der Waals surface area contributed by atoms with Crippen molar-refractivity contribution in [2.75, 3.05) is 5.32 Å². The van der Waals surface area contributed by atoms with E-state index in [2.05, 4.69) is 5.32 Å². The Kier molecular flexibility index (Phi) is 6.02. The van der Waals surface area contributed by atoms with Gasteiger partial charge in [0.2, 0.25) is 5.91 Å². The summed E-state index contributed by atoms with van der Waals surface area (Å²) in [6.07, 6.45) is 2.49. The molecule has 5 nitrogen and oxygen atoms in total. The van der Waals surface area contributed by atoms with Crippen LogP contribution < -0.4 is 11.1 Å². The topological polar surface area (TPSA) is 92.4 Å². The molecule has 0 unspecified atom stereocenters. The predicted molar refractivity (Wildman–Crippen MR) is 73.9 cm³/mol. The van der Waals surface area contributed by atoms with Crippen LogP contribution in [0.1, 0.15) is 31.7 Å². The largest absolute Gasteiger partial charge is 0.481 e. The van der Waals surface area contributed by atoms with E-state index >= 15 is 0 Å². The minimum absolute atomic E-state index is 0.0639. The Morgan fingerprint density at radius 1 is 1.42 bits per heavy atom. The van der Waals surface area contributed by atoms with Gasteiger partial charge in [-0.05, 0) is 24.1 Å². The van der Waals surface area contributed by atoms with Crippen LogP contribution in [0.4, 0.5) is 5.69 Å². The van der Waals surface area contributed by atoms with Gasteiger partial charge in [0.25, 0.3) is 0 Å². The first-order chi connectivity index (χ1) is 9.02. The van der Waals surface area contributed by atoms with Gasteiger partial charge in [-0.25, -0.2) is 0 Å². The van der Waals surface area contributed by atoms with Gasteiger partial charge >= 0.3 is 5.97 Å². The minimum atomic E-state index is -0.900. The third-order valence-electron chi connectivity index (χ3n) is 2.76. The first-order valence-corrected chi connectivity index (χ1v) is 6.40. The number of nitrogens with one attached hydrogen (secondary N) is 1. The van der Waals surface area contributed by atoms with E-state index in [0.717, 1.165) is 12.8 Å². The second-order valence-electron chi connectivity index (χ2n) is 4.51. The number of hydrogen-bond acceptors (Lipinski definition) is 3. The maximum absolute atomic E-state index is 11.8. The number of anilines is 1. The van der Waals surface area contributed by atoms with Gasteiger partial charge in [-0.1, -0.05) is 31.9 Å². The summed E-state index contributed by atoms with van der Waals surface area (Å²) in [5.74, 6) is -1.14. The van der Waals surface area contributed by atoms with E-state index in [1.807, 2.05) is 6.92 Å². The molecule has 0 fully saturated rings. The standard InChI is InChI=1S/C14H20N2O3/c1-2-3-7-12(15)14(19)16-11-6-4-5-10(8-11)9-13(17)18/h4-6,8,12H,2-3,7,9,15H2,1H3,(H,16,19)(H,17,18)/t12-/m0/s1. The molecule has 0 aliphatic carbocycles. The van der Waals surface area contributed by atoms with E-state index in [4.69, 9.17) is 10.8 Å². The van der Waals surface area contributed by atoms with Crippen molar-refractivity contribution in [2.24, 2.45) is 5.73 Å². The van der Waals surface area contributed by atoms with Crippen LogP contribution >= 0.6 is 0 Å². The average Bonchev–Trinajstić information content (AvgIpc) is 2.35. The summed E-state index contributed by atoms with van der Waals surface area (Å²) < 4.78 is 0. The van der Waals surface area contributed by atoms with Crippen LogP contribution in [0.15, 0.2) is 24.3 Å². The van der Waals surface area contributed by atoms with Crippen molar-refractivity contribution >= 4 is 17.6 Å². The van der Waals surface area contributed by atoms with Gasteiger partial charge in [0.1, 0.15) is 0 Å². The number of hydrogen-bond donors (Lipinski definition) is 3. The molecule has 1 aromatic rings. The lowest BCUT2D eigenvalue weighted by atomic mass is 10.1. The quantitative estimate of drug-likeness (QED) is 0.699. The zero-order valence-electron chi connectivity index (χ0n) is 11.1. The molecule has 1 atom stereocenters. The van der Waals surface area contributed by atoms with Crippen LogP contribution in [0.5, 0.6) is 0 Å². The highest BCUT2D eigenvalue weighted by Gasteiger charge is 2.13. The molecule has 1 amide bonds. The van der Waals surface area contributed by atoms with E-state index in [0.29, 0.717) is 17.7 Å². The summed E-state index contributed by atoms with van der Waals surface area (Å²) in [7, 11) is 0. The predicted octanol–water partition coefficient (Wildman–Crippen LogP) is 1.77. The van der Waals surface area contributed by atoms with E-state index in [1.54, 1.807) is 24.3 Å². The number of unbranched alkanes of at least 4 members (excludes halogenated alkanes) is 1. The normalized spacial score (nSPS) is 11.9. The molecule has 5 heteroatoms. The number of amides is 1. The number of rotatable bonds is 7. The SMILES string of the molecule is CCCC[C@H](N)C(=O)Nc1cccc(CC(=O)O)c1. The molecule has 0 aromatic heterocycles. The Hall–Kier alpha value is -1.88. The van der Waals surface area contributed by atoms with E-state index in [9.17, 15) is 9.59 Å². The lowest BCUT2D eigenvalue weighted by Crippen LogP contribution is -2.35. The van der Waals surface area contributed by atoms with Crippen LogP contribution in [-0.4, -0.2) is 23.0 Å². The summed E-state index contributed by atoms with van der Waals surface area (Å²) in [5, 5.41) is 11.4. The van der Waals surface area contributed by atoms with Gasteiger partial charge in [-0.3, -0.25) is 9.59 Å². The lowest BCUT2D eigenvalue weighted by Gasteiger charge is -2.12. The van der Waals surface area contributed by atoms with Crippen LogP contribution in [-0.2, 0) is 16.0 Å². The van der Waals surface area contributed by atoms with E-state index < -0.39 is 12.0 Å². The first-order valence-electron chi connectivity index (χ1n) is 6.40. The van der Waals surface area contributed by atoms with Gasteiger partial charge in [0.15, 0.2) is 0 Å². The fraction of sp³-hybridized carbons (Fsp3) is 0.429. The second kappa shape index (κ2) is 7.53. The smallest absolute Gasteiger partial charge is 0.307 e. The minimum Gasteiger partial charge on any atom is -0.481 e. The molecule has 0 heterocycles. The molecule has 4 N–H and O–H groups in total. The van der Waals surface area contributed by atoms with Crippen molar-refractivity contribution in [3.8, 4) is 0 Å². The number of benzene rings is 1. The van der Waals surface area contributed by atoms with Crippen molar-refractivity contribution in [3.05, 3.63) is 29.8 Å². The number of carbonyl (C=O) groups excluding carboxylic acids is 1. The molecule has 1 aromatic carbocycles. The third kappa shape index (κ3) is 5.52. The van der Waals surface area contributed by atoms with Crippen molar-refractivity contribution < 1.29 is 14.7 Å². The Bertz CT molecular complexity index is 446. The summed E-state index contributed by atoms with van der Waals surface area (Å²) in [6, 6.07) is 6.27. The fourth-order valence-corrected chi connectivity index (χ4v) is 1.72. The van der Waals surface area contributed by atoms with Crippen LogP contribution in [0.2, 0.25) is 0 Å². The van der Waals surface area contributed by atoms with Crippen LogP contribution in [0, 0.1) is 0 Å². The van der Waals surface area contributed by atoms with Gasteiger partial charge in [0, 0.05) is 5.69 Å². The monoisotopic (exact) mass is 264 g/mol. The van der Waals surface area contributed by atoms with Crippen LogP contribution in [0.25, 0.3) is 0 Å². The van der Waals surface area contributed by atoms with Gasteiger partial charge in [-0.15, -0.1) is 0 Å². The van der Waals surface area contributed by atoms with Gasteiger partial charge < -0.3 is 16.2 Å². The molecular weight excluding hydrogens is 244 g/mol. The van der Waals surface area contributed by atoms with Crippen LogP contribution in [0.3, 0.4) is 0 Å². The molecule has 0 saturated carbocycles. The lowest BCUT2D eigenvalue weighted by molar-refractivity contribution is -0.136. The summed E-state index contributed by atoms with van der Waals surface area (Å²) >= 11 is 0. The zero-order chi connectivity index (χ0) is 14.3. The maximum Gasteiger partial charge on any atom is 0.307 e. The molecule has 19 heavy (non-hydrogen) atoms. The Labute approximate surface area is 112 Å². The summed E-state index contributed by atoms with van der Waals surface area (Å²) in [4.78, 5) is 22.4. The number of carbonyl (C=O) groups is 2. The number of carboxylic acids is 1. The highest BCUT2D eigenvalue weighted by molar-refractivity contribution is 5.94. The molecule has 0 spiro atoms. The van der Waals surface area contributed by atoms with Crippen molar-refractivity contribution in [1.82, 2.24) is 0 Å². The molecule has 1 rings (SSSR count). The maximum atomic E-state index is 11.8. The molecule has 0 saturated heterocycles. The van der Waals surface area contributed by atoms with E-state index in [1.165, 1.54) is 0 Å². The molecule has 104 valence electrons. The Morgan fingerprint density at radius 3 is 2.79 bits per heavy atom. The number of nitrogens with two attached hydrogens (primary N) is 1. The Balaban J connectivity index is 2.61. The number of aliphatic carboxylic acids is 1. The second-order valence-corrected chi connectivity index (χ2v) is 4.51.